The van der Waals surface area contributed by atoms with Crippen LogP contribution < -0.4 is 5.32 Å². The Morgan fingerprint density at radius 1 is 1.40 bits per heavy atom. The largest absolute Gasteiger partial charge is 0.385 e. The second kappa shape index (κ2) is 9.32. The first-order valence-electron chi connectivity index (χ1n) is 7.18. The number of carbonyl (C=O) groups excluding carboxylic acids is 1. The molecule has 0 bridgehead atoms. The summed E-state index contributed by atoms with van der Waals surface area (Å²) in [5, 5.41) is 2.92. The summed E-state index contributed by atoms with van der Waals surface area (Å²) in [6.07, 6.45) is 4.31. The summed E-state index contributed by atoms with van der Waals surface area (Å²) in [6.45, 7) is 7.22. The average molecular weight is 275 g/mol. The van der Waals surface area contributed by atoms with Gasteiger partial charge in [-0.3, -0.25) is 4.79 Å². The van der Waals surface area contributed by atoms with Crippen molar-refractivity contribution in [3.8, 4) is 0 Å². The smallest absolute Gasteiger partial charge is 0.220 e. The molecular weight excluding hydrogens is 250 g/mol. The number of amides is 1. The minimum absolute atomic E-state index is 0.0728. The van der Waals surface area contributed by atoms with Gasteiger partial charge in [0, 0.05) is 32.6 Å². The topological polar surface area (TPSA) is 38.3 Å². The van der Waals surface area contributed by atoms with Crippen LogP contribution in [0.3, 0.4) is 0 Å². The number of rotatable bonds is 9. The van der Waals surface area contributed by atoms with Crippen molar-refractivity contribution < 1.29 is 9.53 Å². The molecule has 0 fully saturated rings. The third kappa shape index (κ3) is 5.57. The molecule has 1 amide bonds. The second-order valence-corrected chi connectivity index (χ2v) is 4.87. The SMILES string of the molecule is C=C[C@@H](CC)c1ccc(CNC(=O)CCCOC)cc1. The predicted octanol–water partition coefficient (Wildman–Crippen LogP) is 3.41. The lowest BCUT2D eigenvalue weighted by molar-refractivity contribution is -0.121. The van der Waals surface area contributed by atoms with Gasteiger partial charge >= 0.3 is 0 Å². The highest BCUT2D eigenvalue weighted by Gasteiger charge is 2.05. The van der Waals surface area contributed by atoms with Crippen LogP contribution in [-0.4, -0.2) is 19.6 Å². The molecule has 1 aromatic carbocycles. The highest BCUT2D eigenvalue weighted by molar-refractivity contribution is 5.75. The normalized spacial score (nSPS) is 11.9. The van der Waals surface area contributed by atoms with Gasteiger partial charge in [0.05, 0.1) is 0 Å². The Morgan fingerprint density at radius 3 is 2.65 bits per heavy atom. The van der Waals surface area contributed by atoms with Gasteiger partial charge < -0.3 is 10.1 Å². The number of carbonyl (C=O) groups is 1. The maximum Gasteiger partial charge on any atom is 0.220 e. The number of hydrogen-bond donors (Lipinski definition) is 1. The molecule has 0 aliphatic carbocycles. The van der Waals surface area contributed by atoms with Crippen LogP contribution in [0.4, 0.5) is 0 Å². The molecule has 0 spiro atoms. The van der Waals surface area contributed by atoms with Gasteiger partial charge in [-0.25, -0.2) is 0 Å². The van der Waals surface area contributed by atoms with E-state index < -0.39 is 0 Å². The van der Waals surface area contributed by atoms with Crippen molar-refractivity contribution in [1.82, 2.24) is 5.32 Å². The number of benzene rings is 1. The molecule has 1 rings (SSSR count). The third-order valence-electron chi connectivity index (χ3n) is 3.37. The molecule has 0 aromatic heterocycles. The van der Waals surface area contributed by atoms with E-state index in [2.05, 4.69) is 43.1 Å². The number of hydrogen-bond acceptors (Lipinski definition) is 2. The molecule has 0 radical (unpaired) electrons. The summed E-state index contributed by atoms with van der Waals surface area (Å²) >= 11 is 0. The van der Waals surface area contributed by atoms with Crippen molar-refractivity contribution in [1.29, 1.82) is 0 Å². The van der Waals surface area contributed by atoms with Gasteiger partial charge in [0.1, 0.15) is 0 Å². The van der Waals surface area contributed by atoms with Crippen LogP contribution in [0.1, 0.15) is 43.2 Å². The van der Waals surface area contributed by atoms with Gasteiger partial charge in [0.25, 0.3) is 0 Å². The van der Waals surface area contributed by atoms with Crippen molar-refractivity contribution in [2.45, 2.75) is 38.6 Å². The Balaban J connectivity index is 2.41. The first-order valence-corrected chi connectivity index (χ1v) is 7.18. The number of ether oxygens (including phenoxy) is 1. The molecule has 3 nitrogen and oxygen atoms in total. The van der Waals surface area contributed by atoms with Crippen molar-refractivity contribution >= 4 is 5.91 Å². The Hall–Kier alpha value is -1.61. The van der Waals surface area contributed by atoms with Crippen LogP contribution in [0.5, 0.6) is 0 Å². The van der Waals surface area contributed by atoms with Crippen molar-refractivity contribution in [2.24, 2.45) is 0 Å². The van der Waals surface area contributed by atoms with Gasteiger partial charge in [-0.1, -0.05) is 37.3 Å². The summed E-state index contributed by atoms with van der Waals surface area (Å²) in [5.41, 5.74) is 2.39. The van der Waals surface area contributed by atoms with Gasteiger partial charge in [-0.15, -0.1) is 6.58 Å². The average Bonchev–Trinajstić information content (AvgIpc) is 2.48. The molecule has 0 unspecified atom stereocenters. The van der Waals surface area contributed by atoms with E-state index in [1.54, 1.807) is 7.11 Å². The fourth-order valence-electron chi connectivity index (χ4n) is 2.09. The van der Waals surface area contributed by atoms with E-state index in [1.807, 2.05) is 6.08 Å². The maximum absolute atomic E-state index is 11.6. The van der Waals surface area contributed by atoms with E-state index in [1.165, 1.54) is 5.56 Å². The second-order valence-electron chi connectivity index (χ2n) is 4.87. The number of nitrogens with one attached hydrogen (secondary N) is 1. The molecule has 0 saturated heterocycles. The zero-order valence-corrected chi connectivity index (χ0v) is 12.5. The number of allylic oxidation sites excluding steroid dienone is 1. The predicted molar refractivity (Wildman–Crippen MR) is 82.6 cm³/mol. The summed E-state index contributed by atoms with van der Waals surface area (Å²) in [5.74, 6) is 0.483. The van der Waals surface area contributed by atoms with E-state index in [9.17, 15) is 4.79 Å². The van der Waals surface area contributed by atoms with Crippen molar-refractivity contribution in [3.63, 3.8) is 0 Å². The summed E-state index contributed by atoms with van der Waals surface area (Å²) in [4.78, 5) is 11.6. The van der Waals surface area contributed by atoms with E-state index in [0.717, 1.165) is 18.4 Å². The summed E-state index contributed by atoms with van der Waals surface area (Å²) in [7, 11) is 1.65. The highest BCUT2D eigenvalue weighted by atomic mass is 16.5. The van der Waals surface area contributed by atoms with Gasteiger partial charge in [-0.2, -0.15) is 0 Å². The lowest BCUT2D eigenvalue weighted by Crippen LogP contribution is -2.22. The minimum atomic E-state index is 0.0728. The zero-order chi connectivity index (χ0) is 14.8. The molecule has 3 heteroatoms. The van der Waals surface area contributed by atoms with Crippen LogP contribution >= 0.6 is 0 Å². The van der Waals surface area contributed by atoms with Crippen LogP contribution in [0.25, 0.3) is 0 Å². The zero-order valence-electron chi connectivity index (χ0n) is 12.5. The molecular formula is C17H25NO2. The van der Waals surface area contributed by atoms with Gasteiger partial charge in [-0.05, 0) is 24.0 Å². The van der Waals surface area contributed by atoms with Crippen molar-refractivity contribution in [3.05, 3.63) is 48.0 Å². The Labute approximate surface area is 122 Å². The molecule has 110 valence electrons. The summed E-state index contributed by atoms with van der Waals surface area (Å²) in [6, 6.07) is 8.36. The molecule has 20 heavy (non-hydrogen) atoms. The summed E-state index contributed by atoms with van der Waals surface area (Å²) < 4.78 is 4.92. The monoisotopic (exact) mass is 275 g/mol. The van der Waals surface area contributed by atoms with E-state index in [0.29, 0.717) is 25.5 Å². The first kappa shape index (κ1) is 16.4. The quantitative estimate of drug-likeness (QED) is 0.554. The van der Waals surface area contributed by atoms with E-state index in [-0.39, 0.29) is 5.91 Å². The minimum Gasteiger partial charge on any atom is -0.385 e. The fraction of sp³-hybridized carbons (Fsp3) is 0.471. The molecule has 0 heterocycles. The molecule has 0 aliphatic rings. The van der Waals surface area contributed by atoms with Crippen LogP contribution in [0.2, 0.25) is 0 Å². The molecule has 0 aliphatic heterocycles. The first-order chi connectivity index (χ1) is 9.71. The Bertz CT molecular complexity index is 412. The van der Waals surface area contributed by atoms with Crippen LogP contribution in [-0.2, 0) is 16.1 Å². The van der Waals surface area contributed by atoms with Crippen LogP contribution in [0.15, 0.2) is 36.9 Å². The van der Waals surface area contributed by atoms with E-state index in [4.69, 9.17) is 4.74 Å². The van der Waals surface area contributed by atoms with E-state index >= 15 is 0 Å². The van der Waals surface area contributed by atoms with Crippen LogP contribution in [0, 0.1) is 0 Å². The lowest BCUT2D eigenvalue weighted by atomic mass is 9.96. The van der Waals surface area contributed by atoms with Crippen molar-refractivity contribution in [2.75, 3.05) is 13.7 Å². The molecule has 1 atom stereocenters. The number of methoxy groups -OCH3 is 1. The molecule has 1 N–H and O–H groups in total. The third-order valence-corrected chi connectivity index (χ3v) is 3.37. The Kier molecular flexibility index (Phi) is 7.66. The molecule has 1 aromatic rings. The van der Waals surface area contributed by atoms with Gasteiger partial charge in [0.15, 0.2) is 0 Å². The standard InChI is InChI=1S/C17H25NO2/c1-4-15(5-2)16-10-8-14(9-11-16)13-18-17(19)7-6-12-20-3/h4,8-11,15H,1,5-7,12-13H2,2-3H3,(H,18,19)/t15-/m0/s1. The molecule has 0 saturated carbocycles. The highest BCUT2D eigenvalue weighted by Crippen LogP contribution is 2.20. The van der Waals surface area contributed by atoms with Gasteiger partial charge in [0.2, 0.25) is 5.91 Å². The lowest BCUT2D eigenvalue weighted by Gasteiger charge is -2.11. The Morgan fingerprint density at radius 2 is 2.10 bits per heavy atom. The maximum atomic E-state index is 11.6. The fourth-order valence-corrected chi connectivity index (χ4v) is 2.09.